The number of piperidine rings is 1. The van der Waals surface area contributed by atoms with Gasteiger partial charge in [-0.1, -0.05) is 0 Å². The quantitative estimate of drug-likeness (QED) is 0.882. The van der Waals surface area contributed by atoms with Crippen LogP contribution < -0.4 is 5.32 Å². The fraction of sp³-hybridized carbons (Fsp3) is 0.750. The van der Waals surface area contributed by atoms with Crippen molar-refractivity contribution in [3.05, 3.63) is 18.0 Å². The number of nitrogens with zero attached hydrogens (tertiary/aromatic N) is 3. The summed E-state index contributed by atoms with van der Waals surface area (Å²) in [4.78, 5) is 16.9. The Bertz CT molecular complexity index is 507. The van der Waals surface area contributed by atoms with Gasteiger partial charge in [0.15, 0.2) is 0 Å². The molecule has 7 heteroatoms. The summed E-state index contributed by atoms with van der Waals surface area (Å²) >= 11 is 0. The van der Waals surface area contributed by atoms with Crippen LogP contribution in [0, 0.1) is 0 Å². The van der Waals surface area contributed by atoms with E-state index in [-0.39, 0.29) is 24.2 Å². The van der Waals surface area contributed by atoms with Crippen molar-refractivity contribution in [1.29, 1.82) is 0 Å². The number of hydrogen-bond donors (Lipinski definition) is 2. The number of hydrogen-bond acceptors (Lipinski definition) is 4. The van der Waals surface area contributed by atoms with Gasteiger partial charge in [-0.05, 0) is 33.2 Å². The number of urea groups is 1. The Morgan fingerprint density at radius 2 is 2.35 bits per heavy atom. The first-order valence-electron chi connectivity index (χ1n) is 8.51. The van der Waals surface area contributed by atoms with Gasteiger partial charge in [0.25, 0.3) is 0 Å². The fourth-order valence-electron chi connectivity index (χ4n) is 3.45. The smallest absolute Gasteiger partial charge is 0.318 e. The third kappa shape index (κ3) is 3.84. The van der Waals surface area contributed by atoms with Gasteiger partial charge in [0.2, 0.25) is 0 Å². The molecule has 3 heterocycles. The summed E-state index contributed by atoms with van der Waals surface area (Å²) in [5, 5.41) is 10.0. The Kier molecular flexibility index (Phi) is 5.17. The third-order valence-electron chi connectivity index (χ3n) is 4.87. The minimum absolute atomic E-state index is 0.000210. The molecule has 2 saturated heterocycles. The second-order valence-corrected chi connectivity index (χ2v) is 6.65. The number of likely N-dealkylation sites (tertiary alicyclic amines) is 1. The topological polar surface area (TPSA) is 73.5 Å². The molecule has 1 aromatic rings. The predicted molar refractivity (Wildman–Crippen MR) is 87.1 cm³/mol. The Hall–Kier alpha value is -1.60. The molecule has 3 rings (SSSR count). The molecule has 2 N–H and O–H groups in total. The first-order valence-corrected chi connectivity index (χ1v) is 8.51. The molecule has 2 aliphatic rings. The molecule has 0 bridgehead atoms. The van der Waals surface area contributed by atoms with E-state index in [0.717, 1.165) is 51.1 Å². The number of ether oxygens (including phenoxy) is 1. The largest absolute Gasteiger partial charge is 0.373 e. The zero-order chi connectivity index (χ0) is 16.2. The van der Waals surface area contributed by atoms with Crippen LogP contribution in [0.1, 0.15) is 37.8 Å². The maximum atomic E-state index is 12.8. The molecule has 0 aromatic carbocycles. The highest BCUT2D eigenvalue weighted by Crippen LogP contribution is 2.30. The van der Waals surface area contributed by atoms with Gasteiger partial charge >= 0.3 is 6.03 Å². The van der Waals surface area contributed by atoms with Crippen molar-refractivity contribution in [2.45, 2.75) is 44.4 Å². The maximum Gasteiger partial charge on any atom is 0.318 e. The number of amides is 2. The van der Waals surface area contributed by atoms with Crippen LogP contribution in [0.5, 0.6) is 0 Å². The Labute approximate surface area is 137 Å². The van der Waals surface area contributed by atoms with Gasteiger partial charge in [0, 0.05) is 31.4 Å². The van der Waals surface area contributed by atoms with Crippen LogP contribution in [0.15, 0.2) is 12.4 Å². The van der Waals surface area contributed by atoms with Gasteiger partial charge in [-0.25, -0.2) is 4.79 Å². The van der Waals surface area contributed by atoms with Crippen molar-refractivity contribution >= 4 is 6.03 Å². The molecule has 7 nitrogen and oxygen atoms in total. The number of rotatable bonds is 3. The monoisotopic (exact) mass is 321 g/mol. The minimum Gasteiger partial charge on any atom is -0.373 e. The lowest BCUT2D eigenvalue weighted by Crippen LogP contribution is -2.54. The molecule has 23 heavy (non-hydrogen) atoms. The zero-order valence-electron chi connectivity index (χ0n) is 14.0. The summed E-state index contributed by atoms with van der Waals surface area (Å²) in [5.41, 5.74) is 1.08. The molecular weight excluding hydrogens is 294 g/mol. The number of likely N-dealkylation sites (N-methyl/N-ethyl adjacent to an activating group) is 1. The normalized spacial score (nSPS) is 27.7. The molecule has 0 saturated carbocycles. The summed E-state index contributed by atoms with van der Waals surface area (Å²) in [6.45, 7) is 5.35. The number of H-pyrrole nitrogens is 1. The van der Waals surface area contributed by atoms with Crippen molar-refractivity contribution in [3.8, 4) is 0 Å². The van der Waals surface area contributed by atoms with Gasteiger partial charge in [-0.3, -0.25) is 5.10 Å². The molecule has 0 unspecified atom stereocenters. The number of morpholine rings is 1. The molecular formula is C16H27N5O2. The summed E-state index contributed by atoms with van der Waals surface area (Å²) in [5.74, 6) is 0. The van der Waals surface area contributed by atoms with Crippen molar-refractivity contribution < 1.29 is 9.53 Å². The van der Waals surface area contributed by atoms with Crippen molar-refractivity contribution in [3.63, 3.8) is 0 Å². The second-order valence-electron chi connectivity index (χ2n) is 6.65. The standard InChI is InChI=1S/C16H27N5O2/c1-12(15-11-20(2)7-8-23-15)19-16(22)21-6-4-3-5-14(21)13-9-17-18-10-13/h9-10,12,14-15H,3-8,11H2,1-2H3,(H,17,18)(H,19,22)/t12-,14-,15+/m0/s1. The first-order chi connectivity index (χ1) is 11.1. The van der Waals surface area contributed by atoms with Gasteiger partial charge in [-0.15, -0.1) is 0 Å². The minimum atomic E-state index is -0.00261. The number of nitrogens with one attached hydrogen (secondary N) is 2. The highest BCUT2D eigenvalue weighted by molar-refractivity contribution is 5.75. The molecule has 2 amide bonds. The van der Waals surface area contributed by atoms with Crippen LogP contribution in [0.4, 0.5) is 4.79 Å². The summed E-state index contributed by atoms with van der Waals surface area (Å²) in [6, 6.07) is 0.113. The fourth-order valence-corrected chi connectivity index (χ4v) is 3.45. The Morgan fingerprint density at radius 1 is 1.48 bits per heavy atom. The van der Waals surface area contributed by atoms with Crippen molar-refractivity contribution in [2.24, 2.45) is 0 Å². The maximum absolute atomic E-state index is 12.8. The zero-order valence-corrected chi connectivity index (χ0v) is 14.0. The van der Waals surface area contributed by atoms with Crippen LogP contribution in [-0.2, 0) is 4.74 Å². The second kappa shape index (κ2) is 7.31. The first kappa shape index (κ1) is 16.3. The van der Waals surface area contributed by atoms with Crippen molar-refractivity contribution in [1.82, 2.24) is 25.3 Å². The van der Waals surface area contributed by atoms with E-state index in [4.69, 9.17) is 4.74 Å². The average Bonchev–Trinajstić information content (AvgIpc) is 3.09. The molecule has 2 fully saturated rings. The van der Waals surface area contributed by atoms with E-state index in [1.54, 1.807) is 0 Å². The molecule has 0 radical (unpaired) electrons. The summed E-state index contributed by atoms with van der Waals surface area (Å²) < 4.78 is 5.81. The van der Waals surface area contributed by atoms with Gasteiger partial charge in [0.05, 0.1) is 31.0 Å². The molecule has 0 aliphatic carbocycles. The highest BCUT2D eigenvalue weighted by atomic mass is 16.5. The molecule has 2 aliphatic heterocycles. The van der Waals surface area contributed by atoms with Crippen LogP contribution >= 0.6 is 0 Å². The number of aromatic nitrogens is 2. The van der Waals surface area contributed by atoms with E-state index in [0.29, 0.717) is 0 Å². The average molecular weight is 321 g/mol. The summed E-state index contributed by atoms with van der Waals surface area (Å²) in [6.07, 6.45) is 6.95. The van der Waals surface area contributed by atoms with E-state index < -0.39 is 0 Å². The van der Waals surface area contributed by atoms with Crippen LogP contribution in [0.3, 0.4) is 0 Å². The molecule has 3 atom stereocenters. The highest BCUT2D eigenvalue weighted by Gasteiger charge is 2.31. The van der Waals surface area contributed by atoms with E-state index in [2.05, 4.69) is 27.5 Å². The third-order valence-corrected chi connectivity index (χ3v) is 4.87. The van der Waals surface area contributed by atoms with Gasteiger partial charge in [-0.2, -0.15) is 5.10 Å². The Balaban J connectivity index is 1.61. The van der Waals surface area contributed by atoms with Crippen LogP contribution in [0.2, 0.25) is 0 Å². The molecule has 128 valence electrons. The lowest BCUT2D eigenvalue weighted by Gasteiger charge is -2.38. The SMILES string of the molecule is C[C@H](NC(=O)N1CCCC[C@H]1c1cn[nH]c1)[C@H]1CN(C)CCO1. The summed E-state index contributed by atoms with van der Waals surface area (Å²) in [7, 11) is 2.09. The van der Waals surface area contributed by atoms with E-state index in [9.17, 15) is 4.79 Å². The van der Waals surface area contributed by atoms with E-state index >= 15 is 0 Å². The number of carbonyl (C=O) groups is 1. The molecule has 0 spiro atoms. The number of carbonyl (C=O) groups excluding carboxylic acids is 1. The van der Waals surface area contributed by atoms with Gasteiger partial charge in [0.1, 0.15) is 0 Å². The van der Waals surface area contributed by atoms with E-state index in [1.165, 1.54) is 0 Å². The van der Waals surface area contributed by atoms with Gasteiger partial charge < -0.3 is 19.9 Å². The molecule has 1 aromatic heterocycles. The Morgan fingerprint density at radius 3 is 3.09 bits per heavy atom. The van der Waals surface area contributed by atoms with Crippen LogP contribution in [-0.4, -0.2) is 71.5 Å². The predicted octanol–water partition coefficient (Wildman–Crippen LogP) is 1.37. The van der Waals surface area contributed by atoms with E-state index in [1.807, 2.05) is 24.2 Å². The lowest BCUT2D eigenvalue weighted by molar-refractivity contribution is -0.0343. The lowest BCUT2D eigenvalue weighted by atomic mass is 9.98. The number of aromatic amines is 1. The van der Waals surface area contributed by atoms with Crippen LogP contribution in [0.25, 0.3) is 0 Å². The van der Waals surface area contributed by atoms with Crippen molar-refractivity contribution in [2.75, 3.05) is 33.3 Å².